The molecule has 254 valence electrons. The van der Waals surface area contributed by atoms with Crippen molar-refractivity contribution >= 4 is 11.9 Å². The highest BCUT2D eigenvalue weighted by Crippen LogP contribution is 2.15. The van der Waals surface area contributed by atoms with Gasteiger partial charge in [-0.1, -0.05) is 103 Å². The summed E-state index contributed by atoms with van der Waals surface area (Å²) >= 11 is 0. The van der Waals surface area contributed by atoms with Crippen LogP contribution in [0.5, 0.6) is 0 Å². The molecule has 0 aromatic rings. The van der Waals surface area contributed by atoms with Crippen LogP contribution in [0, 0.1) is 23.7 Å². The first-order valence-corrected chi connectivity index (χ1v) is 18.3. The maximum Gasteiger partial charge on any atom is 0.305 e. The van der Waals surface area contributed by atoms with E-state index in [1.165, 1.54) is 117 Å². The number of ether oxygens (including phenoxy) is 2. The van der Waals surface area contributed by atoms with Crippen molar-refractivity contribution in [2.75, 3.05) is 14.2 Å². The molecule has 0 rings (SSSR count). The Morgan fingerprint density at radius 3 is 0.977 bits per heavy atom. The summed E-state index contributed by atoms with van der Waals surface area (Å²) in [6.45, 7) is 0. The van der Waals surface area contributed by atoms with E-state index in [4.69, 9.17) is 0 Å². The first-order chi connectivity index (χ1) is 21.6. The second-order valence-corrected chi connectivity index (χ2v) is 12.4. The average molecular weight is 617 g/mol. The Hall–Kier alpha value is -1.98. The molecule has 44 heavy (non-hydrogen) atoms. The van der Waals surface area contributed by atoms with Crippen LogP contribution in [0.1, 0.15) is 193 Å². The summed E-state index contributed by atoms with van der Waals surface area (Å²) in [5.41, 5.74) is 0. The fourth-order valence-corrected chi connectivity index (χ4v) is 5.33. The predicted molar refractivity (Wildman–Crippen MR) is 184 cm³/mol. The Labute approximate surface area is 272 Å². The topological polar surface area (TPSA) is 72.8 Å². The van der Waals surface area contributed by atoms with Crippen LogP contribution in [-0.4, -0.2) is 37.4 Å². The Kier molecular flexibility index (Phi) is 33.9. The molecule has 0 aliphatic carbocycles. The molecule has 0 aromatic carbocycles. The van der Waals surface area contributed by atoms with Crippen molar-refractivity contribution in [2.24, 2.45) is 0 Å². The van der Waals surface area contributed by atoms with E-state index in [0.717, 1.165) is 77.0 Å². The number of esters is 2. The van der Waals surface area contributed by atoms with E-state index < -0.39 is 0 Å². The molecule has 0 heterocycles. The van der Waals surface area contributed by atoms with Crippen molar-refractivity contribution in [3.8, 4) is 23.7 Å². The van der Waals surface area contributed by atoms with E-state index in [2.05, 4.69) is 33.2 Å². The summed E-state index contributed by atoms with van der Waals surface area (Å²) in [5, 5.41) is 10.3. The molecule has 0 fully saturated rings. The Balaban J connectivity index is 3.29. The third-order valence-electron chi connectivity index (χ3n) is 8.25. The number of hydrogen-bond donors (Lipinski definition) is 1. The minimum absolute atomic E-state index is 0.0995. The van der Waals surface area contributed by atoms with Gasteiger partial charge in [-0.05, 0) is 51.4 Å². The molecule has 0 unspecified atom stereocenters. The molecule has 0 saturated heterocycles. The van der Waals surface area contributed by atoms with Crippen molar-refractivity contribution in [3.05, 3.63) is 0 Å². The van der Waals surface area contributed by atoms with Crippen LogP contribution in [0.4, 0.5) is 0 Å². The van der Waals surface area contributed by atoms with Crippen molar-refractivity contribution in [1.29, 1.82) is 0 Å². The molecule has 5 heteroatoms. The lowest BCUT2D eigenvalue weighted by Gasteiger charge is -2.10. The smallest absolute Gasteiger partial charge is 0.305 e. The van der Waals surface area contributed by atoms with Crippen LogP contribution in [0.15, 0.2) is 0 Å². The summed E-state index contributed by atoms with van der Waals surface area (Å²) in [5.74, 6) is 13.1. The number of aliphatic hydroxyl groups is 1. The molecule has 0 aliphatic rings. The number of carbonyl (C=O) groups excluding carboxylic acids is 2. The molecule has 0 radical (unpaired) electrons. The summed E-state index contributed by atoms with van der Waals surface area (Å²) in [7, 11) is 2.90. The number of hydrogen-bond acceptors (Lipinski definition) is 5. The zero-order valence-electron chi connectivity index (χ0n) is 28.9. The summed E-state index contributed by atoms with van der Waals surface area (Å²) in [6.07, 6.45) is 33.0. The fraction of sp³-hybridized carbons (Fsp3) is 0.846. The van der Waals surface area contributed by atoms with Crippen LogP contribution in [0.25, 0.3) is 0 Å². The van der Waals surface area contributed by atoms with E-state index >= 15 is 0 Å². The molecule has 0 atom stereocenters. The molecular weight excluding hydrogens is 548 g/mol. The van der Waals surface area contributed by atoms with Gasteiger partial charge in [0.25, 0.3) is 0 Å². The number of carbonyl (C=O) groups is 2. The second kappa shape index (κ2) is 35.5. The number of aliphatic hydroxyl groups excluding tert-OH is 1. The van der Waals surface area contributed by atoms with E-state index in [9.17, 15) is 14.7 Å². The Morgan fingerprint density at radius 1 is 0.432 bits per heavy atom. The quantitative estimate of drug-likeness (QED) is 0.0494. The van der Waals surface area contributed by atoms with Gasteiger partial charge in [0.2, 0.25) is 0 Å². The van der Waals surface area contributed by atoms with Crippen LogP contribution in [0.3, 0.4) is 0 Å². The van der Waals surface area contributed by atoms with Gasteiger partial charge >= 0.3 is 11.9 Å². The minimum atomic E-state index is -0.111. The van der Waals surface area contributed by atoms with Crippen LogP contribution in [0.2, 0.25) is 0 Å². The monoisotopic (exact) mass is 617 g/mol. The zero-order valence-corrected chi connectivity index (χ0v) is 28.9. The lowest BCUT2D eigenvalue weighted by molar-refractivity contribution is -0.141. The van der Waals surface area contributed by atoms with Gasteiger partial charge in [-0.15, -0.1) is 23.7 Å². The van der Waals surface area contributed by atoms with Crippen LogP contribution >= 0.6 is 0 Å². The van der Waals surface area contributed by atoms with Crippen molar-refractivity contribution < 1.29 is 24.2 Å². The normalized spacial score (nSPS) is 10.6. The maximum atomic E-state index is 11.1. The molecule has 1 N–H and O–H groups in total. The van der Waals surface area contributed by atoms with E-state index in [-0.39, 0.29) is 18.0 Å². The van der Waals surface area contributed by atoms with Gasteiger partial charge in [0.1, 0.15) is 0 Å². The predicted octanol–water partition coefficient (Wildman–Crippen LogP) is 10.4. The second-order valence-electron chi connectivity index (χ2n) is 12.4. The van der Waals surface area contributed by atoms with Gasteiger partial charge in [0.15, 0.2) is 0 Å². The number of methoxy groups -OCH3 is 2. The lowest BCUT2D eigenvalue weighted by atomic mass is 10.0. The first-order valence-electron chi connectivity index (χ1n) is 18.3. The number of rotatable bonds is 30. The SMILES string of the molecule is COC(=O)CCCCCCCC#CCCCCCCCCC(O)CCCCCCCCC#CCCCCCCCC(=O)OC. The van der Waals surface area contributed by atoms with Crippen molar-refractivity contribution in [3.63, 3.8) is 0 Å². The number of unbranched alkanes of at least 4 members (excludes halogenated alkanes) is 22. The van der Waals surface area contributed by atoms with Crippen LogP contribution < -0.4 is 0 Å². The van der Waals surface area contributed by atoms with Gasteiger partial charge < -0.3 is 14.6 Å². The highest BCUT2D eigenvalue weighted by molar-refractivity contribution is 5.69. The molecular formula is C39H68O5. The molecule has 0 aliphatic heterocycles. The van der Waals surface area contributed by atoms with Crippen molar-refractivity contribution in [1.82, 2.24) is 0 Å². The Bertz CT molecular complexity index is 705. The third-order valence-corrected chi connectivity index (χ3v) is 8.25. The molecule has 0 aromatic heterocycles. The fourth-order valence-electron chi connectivity index (χ4n) is 5.33. The first kappa shape index (κ1) is 42.0. The molecule has 0 saturated carbocycles. The van der Waals surface area contributed by atoms with Gasteiger partial charge in [0.05, 0.1) is 20.3 Å². The summed E-state index contributed by atoms with van der Waals surface area (Å²) in [4.78, 5) is 22.1. The average Bonchev–Trinajstić information content (AvgIpc) is 3.03. The van der Waals surface area contributed by atoms with Gasteiger partial charge in [-0.2, -0.15) is 0 Å². The highest BCUT2D eigenvalue weighted by Gasteiger charge is 2.04. The third kappa shape index (κ3) is 34.5. The van der Waals surface area contributed by atoms with Gasteiger partial charge in [-0.3, -0.25) is 9.59 Å². The van der Waals surface area contributed by atoms with Crippen LogP contribution in [-0.2, 0) is 19.1 Å². The zero-order chi connectivity index (χ0) is 32.2. The molecule has 0 amide bonds. The van der Waals surface area contributed by atoms with Crippen molar-refractivity contribution in [2.45, 2.75) is 199 Å². The molecule has 5 nitrogen and oxygen atoms in total. The van der Waals surface area contributed by atoms with E-state index in [1.807, 2.05) is 0 Å². The summed E-state index contributed by atoms with van der Waals surface area (Å²) in [6, 6.07) is 0. The lowest BCUT2D eigenvalue weighted by Crippen LogP contribution is -2.05. The molecule has 0 spiro atoms. The maximum absolute atomic E-state index is 11.1. The molecule has 0 bridgehead atoms. The van der Waals surface area contributed by atoms with E-state index in [1.54, 1.807) is 0 Å². The Morgan fingerprint density at radius 2 is 0.682 bits per heavy atom. The standard InChI is InChI=1S/C39H68O5/c1-43-38(41)35-31-27-23-19-15-11-7-3-5-9-13-17-21-25-29-33-37(40)34-30-26-22-18-14-10-6-4-8-12-16-20-24-28-32-36-39(42)44-2/h37,40H,5-6,9-36H2,1-2H3. The highest BCUT2D eigenvalue weighted by atomic mass is 16.5. The largest absolute Gasteiger partial charge is 0.469 e. The van der Waals surface area contributed by atoms with Gasteiger partial charge in [0, 0.05) is 38.5 Å². The van der Waals surface area contributed by atoms with Gasteiger partial charge in [-0.25, -0.2) is 0 Å². The van der Waals surface area contributed by atoms with E-state index in [0.29, 0.717) is 12.8 Å². The minimum Gasteiger partial charge on any atom is -0.469 e. The summed E-state index contributed by atoms with van der Waals surface area (Å²) < 4.78 is 9.31.